The molecule has 2 aromatic rings. The molecule has 1 N–H and O–H groups in total. The number of hydrogen-bond donors (Lipinski definition) is 1. The van der Waals surface area contributed by atoms with E-state index < -0.39 is 0 Å². The van der Waals surface area contributed by atoms with Crippen molar-refractivity contribution in [2.45, 2.75) is 13.8 Å². The Morgan fingerprint density at radius 3 is 2.47 bits per heavy atom. The number of nitrogens with one attached hydrogen (secondary N) is 1. The molecule has 2 rings (SSSR count). The fourth-order valence-electron chi connectivity index (χ4n) is 2.03. The number of aromatic amines is 1. The first kappa shape index (κ1) is 13.1. The third-order valence-electron chi connectivity index (χ3n) is 3.01. The Morgan fingerprint density at radius 2 is 1.89 bits per heavy atom. The number of H-pyrrole nitrogens is 1. The fraction of sp³-hybridized carbons (Fsp3) is 0.200. The molecule has 0 spiro atoms. The SMILES string of the molecule is CCN(C(=O)c1c(C)cc[nH]c1=O)c1ccccc1. The van der Waals surface area contributed by atoms with Crippen molar-refractivity contribution < 1.29 is 4.79 Å². The minimum atomic E-state index is -0.348. The Morgan fingerprint density at radius 1 is 1.21 bits per heavy atom. The lowest BCUT2D eigenvalue weighted by Gasteiger charge is -2.21. The molecule has 4 heteroatoms. The van der Waals surface area contributed by atoms with E-state index in [0.717, 1.165) is 5.69 Å². The van der Waals surface area contributed by atoms with E-state index >= 15 is 0 Å². The van der Waals surface area contributed by atoms with Gasteiger partial charge in [0.05, 0.1) is 0 Å². The topological polar surface area (TPSA) is 53.2 Å². The maximum absolute atomic E-state index is 12.5. The fourth-order valence-corrected chi connectivity index (χ4v) is 2.03. The second kappa shape index (κ2) is 5.52. The summed E-state index contributed by atoms with van der Waals surface area (Å²) in [5, 5.41) is 0. The molecule has 0 fully saturated rings. The number of nitrogens with zero attached hydrogens (tertiary/aromatic N) is 1. The van der Waals surface area contributed by atoms with Crippen LogP contribution in [0.2, 0.25) is 0 Å². The zero-order chi connectivity index (χ0) is 13.8. The minimum absolute atomic E-state index is 0.202. The van der Waals surface area contributed by atoms with Crippen molar-refractivity contribution in [1.82, 2.24) is 4.98 Å². The number of hydrogen-bond acceptors (Lipinski definition) is 2. The molecule has 4 nitrogen and oxygen atoms in total. The van der Waals surface area contributed by atoms with Gasteiger partial charge in [0, 0.05) is 18.4 Å². The predicted octanol–water partition coefficient (Wildman–Crippen LogP) is 2.35. The number of rotatable bonds is 3. The summed E-state index contributed by atoms with van der Waals surface area (Å²) >= 11 is 0. The van der Waals surface area contributed by atoms with Crippen LogP contribution in [-0.2, 0) is 0 Å². The van der Waals surface area contributed by atoms with Crippen molar-refractivity contribution in [1.29, 1.82) is 0 Å². The van der Waals surface area contributed by atoms with Crippen LogP contribution < -0.4 is 10.5 Å². The minimum Gasteiger partial charge on any atom is -0.328 e. The number of carbonyl (C=O) groups excluding carboxylic acids is 1. The van der Waals surface area contributed by atoms with E-state index in [1.807, 2.05) is 37.3 Å². The Labute approximate surface area is 111 Å². The lowest BCUT2D eigenvalue weighted by atomic mass is 10.1. The van der Waals surface area contributed by atoms with Crippen molar-refractivity contribution in [2.75, 3.05) is 11.4 Å². The number of amides is 1. The van der Waals surface area contributed by atoms with Gasteiger partial charge in [0.15, 0.2) is 0 Å². The van der Waals surface area contributed by atoms with Crippen LogP contribution in [0, 0.1) is 6.92 Å². The van der Waals surface area contributed by atoms with Gasteiger partial charge in [0.2, 0.25) is 0 Å². The largest absolute Gasteiger partial charge is 0.328 e. The summed E-state index contributed by atoms with van der Waals surface area (Å²) in [5.74, 6) is -0.270. The quantitative estimate of drug-likeness (QED) is 0.916. The van der Waals surface area contributed by atoms with E-state index in [2.05, 4.69) is 4.98 Å². The highest BCUT2D eigenvalue weighted by atomic mass is 16.2. The number of para-hydroxylation sites is 1. The van der Waals surface area contributed by atoms with Gasteiger partial charge in [-0.25, -0.2) is 0 Å². The molecule has 0 aliphatic heterocycles. The standard InChI is InChI=1S/C15H16N2O2/c1-3-17(12-7-5-4-6-8-12)15(19)13-11(2)9-10-16-14(13)18/h4-10H,3H2,1-2H3,(H,16,18). The highest BCUT2D eigenvalue weighted by molar-refractivity contribution is 6.06. The summed E-state index contributed by atoms with van der Waals surface area (Å²) < 4.78 is 0. The molecule has 98 valence electrons. The summed E-state index contributed by atoms with van der Waals surface area (Å²) in [4.78, 5) is 28.5. The summed E-state index contributed by atoms with van der Waals surface area (Å²) in [6.45, 7) is 4.16. The van der Waals surface area contributed by atoms with Gasteiger partial charge in [-0.15, -0.1) is 0 Å². The van der Waals surface area contributed by atoms with E-state index in [-0.39, 0.29) is 17.0 Å². The van der Waals surface area contributed by atoms with Crippen LogP contribution >= 0.6 is 0 Å². The van der Waals surface area contributed by atoms with Crippen LogP contribution in [0.15, 0.2) is 47.4 Å². The number of pyridine rings is 1. The third-order valence-corrected chi connectivity index (χ3v) is 3.01. The van der Waals surface area contributed by atoms with Crippen LogP contribution in [-0.4, -0.2) is 17.4 Å². The van der Waals surface area contributed by atoms with Gasteiger partial charge in [-0.2, -0.15) is 0 Å². The van der Waals surface area contributed by atoms with Gasteiger partial charge in [-0.05, 0) is 37.6 Å². The number of aromatic nitrogens is 1. The van der Waals surface area contributed by atoms with Crippen molar-refractivity contribution in [3.63, 3.8) is 0 Å². The highest BCUT2D eigenvalue weighted by Gasteiger charge is 2.20. The van der Waals surface area contributed by atoms with Gasteiger partial charge >= 0.3 is 0 Å². The highest BCUT2D eigenvalue weighted by Crippen LogP contribution is 2.16. The number of benzene rings is 1. The molecule has 1 heterocycles. The summed E-state index contributed by atoms with van der Waals surface area (Å²) in [5.41, 5.74) is 1.33. The molecular weight excluding hydrogens is 240 g/mol. The Hall–Kier alpha value is -2.36. The van der Waals surface area contributed by atoms with Crippen LogP contribution in [0.1, 0.15) is 22.8 Å². The van der Waals surface area contributed by atoms with Gasteiger partial charge in [-0.1, -0.05) is 18.2 Å². The first-order valence-electron chi connectivity index (χ1n) is 6.20. The molecule has 0 atom stereocenters. The average molecular weight is 256 g/mol. The maximum atomic E-state index is 12.5. The van der Waals surface area contributed by atoms with Crippen molar-refractivity contribution in [3.05, 3.63) is 64.1 Å². The lowest BCUT2D eigenvalue weighted by molar-refractivity contribution is 0.0986. The van der Waals surface area contributed by atoms with Crippen molar-refractivity contribution in [3.8, 4) is 0 Å². The molecule has 0 radical (unpaired) electrons. The molecule has 0 aliphatic rings. The van der Waals surface area contributed by atoms with Crippen molar-refractivity contribution in [2.24, 2.45) is 0 Å². The van der Waals surface area contributed by atoms with E-state index in [1.165, 1.54) is 0 Å². The second-order valence-electron chi connectivity index (χ2n) is 4.25. The molecule has 19 heavy (non-hydrogen) atoms. The van der Waals surface area contributed by atoms with E-state index in [4.69, 9.17) is 0 Å². The van der Waals surface area contributed by atoms with Gasteiger partial charge in [0.1, 0.15) is 5.56 Å². The number of anilines is 1. The third kappa shape index (κ3) is 2.57. The summed E-state index contributed by atoms with van der Waals surface area (Å²) in [6.07, 6.45) is 1.55. The zero-order valence-electron chi connectivity index (χ0n) is 11.0. The monoisotopic (exact) mass is 256 g/mol. The summed E-state index contributed by atoms with van der Waals surface area (Å²) in [6, 6.07) is 11.1. The van der Waals surface area contributed by atoms with Gasteiger partial charge in [0.25, 0.3) is 11.5 Å². The number of aryl methyl sites for hydroxylation is 1. The maximum Gasteiger partial charge on any atom is 0.264 e. The molecule has 0 bridgehead atoms. The van der Waals surface area contributed by atoms with Crippen LogP contribution in [0.25, 0.3) is 0 Å². The second-order valence-corrected chi connectivity index (χ2v) is 4.25. The van der Waals surface area contributed by atoms with Crippen LogP contribution in [0.3, 0.4) is 0 Å². The Balaban J connectivity index is 2.45. The van der Waals surface area contributed by atoms with Gasteiger partial charge < -0.3 is 9.88 Å². The lowest BCUT2D eigenvalue weighted by Crippen LogP contribution is -2.35. The van der Waals surface area contributed by atoms with E-state index in [9.17, 15) is 9.59 Å². The first-order chi connectivity index (χ1) is 9.15. The Bertz CT molecular complexity index is 632. The van der Waals surface area contributed by atoms with Gasteiger partial charge in [-0.3, -0.25) is 9.59 Å². The molecule has 1 aromatic carbocycles. The van der Waals surface area contributed by atoms with Crippen LogP contribution in [0.5, 0.6) is 0 Å². The smallest absolute Gasteiger partial charge is 0.264 e. The molecule has 0 saturated carbocycles. The zero-order valence-corrected chi connectivity index (χ0v) is 11.0. The number of carbonyl (C=O) groups is 1. The molecule has 1 aromatic heterocycles. The average Bonchev–Trinajstić information content (AvgIpc) is 2.40. The van der Waals surface area contributed by atoms with E-state index in [1.54, 1.807) is 24.1 Å². The first-order valence-corrected chi connectivity index (χ1v) is 6.20. The molecule has 0 aliphatic carbocycles. The predicted molar refractivity (Wildman–Crippen MR) is 75.6 cm³/mol. The Kier molecular flexibility index (Phi) is 3.80. The summed E-state index contributed by atoms with van der Waals surface area (Å²) in [7, 11) is 0. The molecule has 0 unspecified atom stereocenters. The normalized spacial score (nSPS) is 10.2. The molecule has 0 saturated heterocycles. The molecule has 1 amide bonds. The van der Waals surface area contributed by atoms with Crippen LogP contribution in [0.4, 0.5) is 5.69 Å². The van der Waals surface area contributed by atoms with Crippen molar-refractivity contribution >= 4 is 11.6 Å². The van der Waals surface area contributed by atoms with E-state index in [0.29, 0.717) is 12.1 Å². The molecular formula is C15H16N2O2.